The third-order valence-corrected chi connectivity index (χ3v) is 3.30. The van der Waals surface area contributed by atoms with Crippen LogP contribution >= 0.6 is 0 Å². The van der Waals surface area contributed by atoms with Crippen LogP contribution in [0, 0.1) is 0 Å². The van der Waals surface area contributed by atoms with Gasteiger partial charge in [0.25, 0.3) is 0 Å². The van der Waals surface area contributed by atoms with Gasteiger partial charge in [0.15, 0.2) is 0 Å². The third kappa shape index (κ3) is 3.37. The van der Waals surface area contributed by atoms with Crippen LogP contribution in [-0.2, 0) is 0 Å². The molecule has 1 aliphatic heterocycles. The fraction of sp³-hybridized carbons (Fsp3) is 0.571. The van der Waals surface area contributed by atoms with Crippen molar-refractivity contribution >= 4 is 0 Å². The summed E-state index contributed by atoms with van der Waals surface area (Å²) in [7, 11) is 1.67. The van der Waals surface area contributed by atoms with Gasteiger partial charge in [0.05, 0.1) is 7.11 Å². The molecule has 1 saturated heterocycles. The minimum atomic E-state index is 0.212. The highest BCUT2D eigenvalue weighted by Crippen LogP contribution is 2.20. The second kappa shape index (κ2) is 5.92. The minimum Gasteiger partial charge on any atom is -0.497 e. The van der Waals surface area contributed by atoms with Gasteiger partial charge in [0.2, 0.25) is 0 Å². The van der Waals surface area contributed by atoms with E-state index in [1.807, 2.05) is 24.3 Å². The third-order valence-electron chi connectivity index (χ3n) is 3.30. The van der Waals surface area contributed by atoms with Crippen molar-refractivity contribution in [1.82, 2.24) is 5.32 Å². The zero-order valence-electron chi connectivity index (χ0n) is 10.6. The second-order valence-corrected chi connectivity index (χ2v) is 4.55. The summed E-state index contributed by atoms with van der Waals surface area (Å²) in [6.45, 7) is 3.24. The van der Waals surface area contributed by atoms with E-state index in [-0.39, 0.29) is 6.10 Å². The largest absolute Gasteiger partial charge is 0.497 e. The summed E-state index contributed by atoms with van der Waals surface area (Å²) < 4.78 is 11.1. The molecule has 1 heterocycles. The number of rotatable bonds is 4. The van der Waals surface area contributed by atoms with E-state index in [1.54, 1.807) is 7.11 Å². The quantitative estimate of drug-likeness (QED) is 0.870. The molecule has 94 valence electrons. The standard InChI is InChI=1S/C14H21NO2/c1-11(14-5-3-4-10-15-14)17-13-8-6-12(16-2)7-9-13/h6-9,11,14-15H,3-5,10H2,1-2H3. The van der Waals surface area contributed by atoms with Crippen LogP contribution in [0.25, 0.3) is 0 Å². The second-order valence-electron chi connectivity index (χ2n) is 4.55. The molecule has 1 aromatic rings. The Kier molecular flexibility index (Phi) is 4.26. The van der Waals surface area contributed by atoms with Gasteiger partial charge in [-0.1, -0.05) is 6.42 Å². The highest BCUT2D eigenvalue weighted by atomic mass is 16.5. The van der Waals surface area contributed by atoms with Gasteiger partial charge >= 0.3 is 0 Å². The number of piperidine rings is 1. The van der Waals surface area contributed by atoms with Gasteiger partial charge < -0.3 is 14.8 Å². The first-order chi connectivity index (χ1) is 8.29. The van der Waals surface area contributed by atoms with Gasteiger partial charge in [-0.05, 0) is 50.6 Å². The van der Waals surface area contributed by atoms with E-state index in [4.69, 9.17) is 9.47 Å². The summed E-state index contributed by atoms with van der Waals surface area (Å²) in [5, 5.41) is 3.51. The van der Waals surface area contributed by atoms with Crippen LogP contribution in [-0.4, -0.2) is 25.8 Å². The van der Waals surface area contributed by atoms with Crippen LogP contribution in [0.5, 0.6) is 11.5 Å². The molecule has 0 amide bonds. The molecule has 1 fully saturated rings. The van der Waals surface area contributed by atoms with Crippen molar-refractivity contribution in [2.24, 2.45) is 0 Å². The van der Waals surface area contributed by atoms with Gasteiger partial charge in [0.1, 0.15) is 17.6 Å². The average Bonchev–Trinajstić information content (AvgIpc) is 2.40. The molecule has 0 spiro atoms. The number of nitrogens with one attached hydrogen (secondary N) is 1. The zero-order valence-corrected chi connectivity index (χ0v) is 10.6. The lowest BCUT2D eigenvalue weighted by molar-refractivity contribution is 0.152. The minimum absolute atomic E-state index is 0.212. The predicted octanol–water partition coefficient (Wildman–Crippen LogP) is 2.60. The van der Waals surface area contributed by atoms with Crippen LogP contribution in [0.1, 0.15) is 26.2 Å². The summed E-state index contributed by atoms with van der Waals surface area (Å²) in [4.78, 5) is 0. The smallest absolute Gasteiger partial charge is 0.120 e. The maximum absolute atomic E-state index is 5.94. The number of hydrogen-bond donors (Lipinski definition) is 1. The maximum atomic E-state index is 5.94. The van der Waals surface area contributed by atoms with E-state index in [0.29, 0.717) is 6.04 Å². The molecule has 17 heavy (non-hydrogen) atoms. The number of ether oxygens (including phenoxy) is 2. The van der Waals surface area contributed by atoms with E-state index in [0.717, 1.165) is 18.0 Å². The Bertz CT molecular complexity index is 331. The van der Waals surface area contributed by atoms with Crippen molar-refractivity contribution in [3.63, 3.8) is 0 Å². The molecule has 3 nitrogen and oxygen atoms in total. The lowest BCUT2D eigenvalue weighted by atomic mass is 10.0. The van der Waals surface area contributed by atoms with E-state index in [1.165, 1.54) is 19.3 Å². The van der Waals surface area contributed by atoms with E-state index >= 15 is 0 Å². The van der Waals surface area contributed by atoms with Gasteiger partial charge in [0, 0.05) is 6.04 Å². The number of hydrogen-bond acceptors (Lipinski definition) is 3. The van der Waals surface area contributed by atoms with Crippen LogP contribution in [0.3, 0.4) is 0 Å². The first kappa shape index (κ1) is 12.2. The lowest BCUT2D eigenvalue weighted by Crippen LogP contribution is -2.44. The molecule has 2 atom stereocenters. The van der Waals surface area contributed by atoms with Gasteiger partial charge in [-0.25, -0.2) is 0 Å². The normalized spacial score (nSPS) is 21.9. The molecule has 1 aromatic carbocycles. The number of benzene rings is 1. The molecule has 0 bridgehead atoms. The molecule has 0 aromatic heterocycles. The molecule has 0 aliphatic carbocycles. The summed E-state index contributed by atoms with van der Waals surface area (Å²) in [6.07, 6.45) is 4.00. The van der Waals surface area contributed by atoms with Gasteiger partial charge in [-0.15, -0.1) is 0 Å². The van der Waals surface area contributed by atoms with Crippen molar-refractivity contribution in [3.05, 3.63) is 24.3 Å². The Labute approximate surface area is 103 Å². The molecular formula is C14H21NO2. The molecular weight excluding hydrogens is 214 g/mol. The lowest BCUT2D eigenvalue weighted by Gasteiger charge is -2.29. The highest BCUT2D eigenvalue weighted by molar-refractivity contribution is 5.31. The van der Waals surface area contributed by atoms with E-state index in [9.17, 15) is 0 Å². The number of methoxy groups -OCH3 is 1. The Balaban J connectivity index is 1.89. The summed E-state index contributed by atoms with van der Waals surface area (Å²) >= 11 is 0. The van der Waals surface area contributed by atoms with Crippen molar-refractivity contribution in [2.75, 3.05) is 13.7 Å². The van der Waals surface area contributed by atoms with Gasteiger partial charge in [-0.3, -0.25) is 0 Å². The van der Waals surface area contributed by atoms with Crippen molar-refractivity contribution in [3.8, 4) is 11.5 Å². The van der Waals surface area contributed by atoms with Crippen molar-refractivity contribution < 1.29 is 9.47 Å². The van der Waals surface area contributed by atoms with Crippen LogP contribution < -0.4 is 14.8 Å². The Morgan fingerprint density at radius 1 is 1.18 bits per heavy atom. The average molecular weight is 235 g/mol. The zero-order chi connectivity index (χ0) is 12.1. The Morgan fingerprint density at radius 2 is 1.88 bits per heavy atom. The van der Waals surface area contributed by atoms with E-state index < -0.39 is 0 Å². The summed E-state index contributed by atoms with van der Waals surface area (Å²) in [5.41, 5.74) is 0. The molecule has 1 aliphatic rings. The maximum Gasteiger partial charge on any atom is 0.120 e. The first-order valence-corrected chi connectivity index (χ1v) is 6.33. The Hall–Kier alpha value is -1.22. The fourth-order valence-electron chi connectivity index (χ4n) is 2.23. The molecule has 0 saturated carbocycles. The molecule has 0 radical (unpaired) electrons. The van der Waals surface area contributed by atoms with Crippen LogP contribution in [0.2, 0.25) is 0 Å². The summed E-state index contributed by atoms with van der Waals surface area (Å²) in [6, 6.07) is 8.24. The molecule has 1 N–H and O–H groups in total. The van der Waals surface area contributed by atoms with Crippen LogP contribution in [0.4, 0.5) is 0 Å². The first-order valence-electron chi connectivity index (χ1n) is 6.33. The monoisotopic (exact) mass is 235 g/mol. The highest BCUT2D eigenvalue weighted by Gasteiger charge is 2.20. The van der Waals surface area contributed by atoms with Crippen LogP contribution in [0.15, 0.2) is 24.3 Å². The van der Waals surface area contributed by atoms with Crippen molar-refractivity contribution in [1.29, 1.82) is 0 Å². The summed E-state index contributed by atoms with van der Waals surface area (Å²) in [5.74, 6) is 1.77. The van der Waals surface area contributed by atoms with Gasteiger partial charge in [-0.2, -0.15) is 0 Å². The topological polar surface area (TPSA) is 30.5 Å². The molecule has 2 unspecified atom stereocenters. The van der Waals surface area contributed by atoms with Crippen molar-refractivity contribution in [2.45, 2.75) is 38.3 Å². The van der Waals surface area contributed by atoms with E-state index in [2.05, 4.69) is 12.2 Å². The molecule has 3 heteroatoms. The fourth-order valence-corrected chi connectivity index (χ4v) is 2.23. The SMILES string of the molecule is COc1ccc(OC(C)C2CCCCN2)cc1. The molecule has 2 rings (SSSR count). The Morgan fingerprint density at radius 3 is 2.47 bits per heavy atom. The predicted molar refractivity (Wildman–Crippen MR) is 68.7 cm³/mol.